The van der Waals surface area contributed by atoms with Gasteiger partial charge in [-0.05, 0) is 18.2 Å². The maximum atomic E-state index is 12.3. The van der Waals surface area contributed by atoms with Crippen molar-refractivity contribution in [3.8, 4) is 5.75 Å². The SMILES string of the molecule is CC.Oc1ccc(F)cc1C(F)(F)F. The standard InChI is InChI=1S/C7H4F4O.C2H6/c8-4-1-2-6(12)5(3-4)7(9,10)11;1-2/h1-3,12H;1-2H3. The molecule has 0 aliphatic heterocycles. The highest BCUT2D eigenvalue weighted by Gasteiger charge is 2.34. The average Bonchev–Trinajstić information content (AvgIpc) is 2.11. The van der Waals surface area contributed by atoms with Crippen LogP contribution in [0.15, 0.2) is 18.2 Å². The zero-order chi connectivity index (χ0) is 11.4. The Morgan fingerprint density at radius 2 is 1.64 bits per heavy atom. The molecule has 0 aliphatic carbocycles. The molecule has 0 aliphatic rings. The van der Waals surface area contributed by atoms with Crippen LogP contribution in [-0.4, -0.2) is 5.11 Å². The van der Waals surface area contributed by atoms with Crippen molar-refractivity contribution in [2.45, 2.75) is 20.0 Å². The van der Waals surface area contributed by atoms with Crippen LogP contribution in [0.5, 0.6) is 5.75 Å². The van der Waals surface area contributed by atoms with Crippen LogP contribution in [0, 0.1) is 5.82 Å². The van der Waals surface area contributed by atoms with Gasteiger partial charge in [0.15, 0.2) is 0 Å². The lowest BCUT2D eigenvalue weighted by Crippen LogP contribution is -2.05. The molecule has 1 aromatic carbocycles. The van der Waals surface area contributed by atoms with E-state index in [1.165, 1.54) is 0 Å². The highest BCUT2D eigenvalue weighted by atomic mass is 19.4. The minimum absolute atomic E-state index is 0.245. The second kappa shape index (κ2) is 4.83. The fourth-order valence-corrected chi connectivity index (χ4v) is 0.735. The summed E-state index contributed by atoms with van der Waals surface area (Å²) in [5, 5.41) is 8.68. The van der Waals surface area contributed by atoms with E-state index in [1.54, 1.807) is 0 Å². The monoisotopic (exact) mass is 210 g/mol. The van der Waals surface area contributed by atoms with Crippen LogP contribution in [0.3, 0.4) is 0 Å². The van der Waals surface area contributed by atoms with E-state index in [0.717, 1.165) is 6.07 Å². The first-order valence-electron chi connectivity index (χ1n) is 3.97. The molecular weight excluding hydrogens is 200 g/mol. The summed E-state index contributed by atoms with van der Waals surface area (Å²) in [6, 6.07) is 1.66. The van der Waals surface area contributed by atoms with Gasteiger partial charge in [-0.1, -0.05) is 13.8 Å². The number of alkyl halides is 3. The van der Waals surface area contributed by atoms with Crippen molar-refractivity contribution in [3.63, 3.8) is 0 Å². The lowest BCUT2D eigenvalue weighted by Gasteiger charge is -2.07. The fraction of sp³-hybridized carbons (Fsp3) is 0.333. The summed E-state index contributed by atoms with van der Waals surface area (Å²) in [4.78, 5) is 0. The van der Waals surface area contributed by atoms with Crippen LogP contribution in [0.25, 0.3) is 0 Å². The molecule has 0 radical (unpaired) electrons. The van der Waals surface area contributed by atoms with Crippen LogP contribution in [0.2, 0.25) is 0 Å². The smallest absolute Gasteiger partial charge is 0.420 e. The second-order valence-electron chi connectivity index (χ2n) is 2.16. The normalized spacial score (nSPS) is 10.4. The molecule has 80 valence electrons. The summed E-state index contributed by atoms with van der Waals surface area (Å²) in [5.41, 5.74) is -1.36. The molecule has 0 spiro atoms. The highest BCUT2D eigenvalue weighted by molar-refractivity contribution is 5.34. The van der Waals surface area contributed by atoms with Crippen molar-refractivity contribution in [1.29, 1.82) is 0 Å². The Kier molecular flexibility index (Phi) is 4.40. The lowest BCUT2D eigenvalue weighted by molar-refractivity contribution is -0.138. The van der Waals surface area contributed by atoms with E-state index in [0.29, 0.717) is 6.07 Å². The number of halogens is 4. The maximum Gasteiger partial charge on any atom is 0.420 e. The highest BCUT2D eigenvalue weighted by Crippen LogP contribution is 2.35. The summed E-state index contributed by atoms with van der Waals surface area (Å²) in [5.74, 6) is -2.00. The van der Waals surface area contributed by atoms with Crippen molar-refractivity contribution in [3.05, 3.63) is 29.6 Å². The quantitative estimate of drug-likeness (QED) is 0.649. The van der Waals surface area contributed by atoms with E-state index in [4.69, 9.17) is 5.11 Å². The van der Waals surface area contributed by atoms with E-state index >= 15 is 0 Å². The van der Waals surface area contributed by atoms with Crippen LogP contribution in [0.1, 0.15) is 19.4 Å². The molecule has 0 bridgehead atoms. The van der Waals surface area contributed by atoms with Crippen LogP contribution in [-0.2, 0) is 6.18 Å². The number of phenolic OH excluding ortho intramolecular Hbond substituents is 1. The summed E-state index contributed by atoms with van der Waals surface area (Å²) >= 11 is 0. The third-order valence-electron chi connectivity index (χ3n) is 1.26. The van der Waals surface area contributed by atoms with Gasteiger partial charge < -0.3 is 5.11 Å². The van der Waals surface area contributed by atoms with Gasteiger partial charge in [0.1, 0.15) is 17.1 Å². The predicted octanol–water partition coefficient (Wildman–Crippen LogP) is 3.58. The molecule has 0 heterocycles. The number of hydrogen-bond donors (Lipinski definition) is 1. The van der Waals surface area contributed by atoms with Crippen molar-refractivity contribution < 1.29 is 22.7 Å². The number of benzene rings is 1. The molecule has 0 aromatic heterocycles. The summed E-state index contributed by atoms with van der Waals surface area (Å²) in [6.45, 7) is 4.00. The average molecular weight is 210 g/mol. The van der Waals surface area contributed by atoms with Crippen molar-refractivity contribution in [2.24, 2.45) is 0 Å². The zero-order valence-corrected chi connectivity index (χ0v) is 7.69. The third kappa shape index (κ3) is 3.24. The number of aromatic hydroxyl groups is 1. The third-order valence-corrected chi connectivity index (χ3v) is 1.26. The Labute approximate surface area is 79.0 Å². The molecule has 1 rings (SSSR count). The Hall–Kier alpha value is -1.26. The van der Waals surface area contributed by atoms with Crippen LogP contribution >= 0.6 is 0 Å². The maximum absolute atomic E-state index is 12.3. The molecule has 1 aromatic rings. The largest absolute Gasteiger partial charge is 0.507 e. The van der Waals surface area contributed by atoms with Gasteiger partial charge in [-0.15, -0.1) is 0 Å². The van der Waals surface area contributed by atoms with Crippen LogP contribution < -0.4 is 0 Å². The fourth-order valence-electron chi connectivity index (χ4n) is 0.735. The minimum atomic E-state index is -4.72. The molecule has 0 saturated heterocycles. The van der Waals surface area contributed by atoms with Gasteiger partial charge in [-0.2, -0.15) is 13.2 Å². The van der Waals surface area contributed by atoms with Gasteiger partial charge in [0.05, 0.1) is 0 Å². The Bertz CT molecular complexity index is 293. The molecule has 0 saturated carbocycles. The van der Waals surface area contributed by atoms with E-state index in [-0.39, 0.29) is 6.07 Å². The number of hydrogen-bond acceptors (Lipinski definition) is 1. The van der Waals surface area contributed by atoms with Gasteiger partial charge in [0.25, 0.3) is 0 Å². The van der Waals surface area contributed by atoms with Gasteiger partial charge in [0, 0.05) is 0 Å². The molecule has 14 heavy (non-hydrogen) atoms. The van der Waals surface area contributed by atoms with Crippen molar-refractivity contribution in [2.75, 3.05) is 0 Å². The summed E-state index contributed by atoms with van der Waals surface area (Å²) in [7, 11) is 0. The molecule has 1 nitrogen and oxygen atoms in total. The van der Waals surface area contributed by atoms with E-state index in [2.05, 4.69) is 0 Å². The van der Waals surface area contributed by atoms with E-state index in [9.17, 15) is 17.6 Å². The first-order valence-corrected chi connectivity index (χ1v) is 3.97. The molecule has 0 amide bonds. The summed E-state index contributed by atoms with van der Waals surface area (Å²) in [6.07, 6.45) is -4.72. The van der Waals surface area contributed by atoms with E-state index in [1.807, 2.05) is 13.8 Å². The van der Waals surface area contributed by atoms with Crippen LogP contribution in [0.4, 0.5) is 17.6 Å². The Balaban J connectivity index is 0.000000791. The van der Waals surface area contributed by atoms with Crippen molar-refractivity contribution >= 4 is 0 Å². The Morgan fingerprint density at radius 3 is 2.00 bits per heavy atom. The molecule has 5 heteroatoms. The molecular formula is C9H10F4O. The number of rotatable bonds is 0. The molecule has 0 unspecified atom stereocenters. The minimum Gasteiger partial charge on any atom is -0.507 e. The topological polar surface area (TPSA) is 20.2 Å². The van der Waals surface area contributed by atoms with Gasteiger partial charge in [0.2, 0.25) is 0 Å². The molecule has 0 atom stereocenters. The van der Waals surface area contributed by atoms with Crippen molar-refractivity contribution in [1.82, 2.24) is 0 Å². The first-order chi connectivity index (χ1) is 6.41. The lowest BCUT2D eigenvalue weighted by atomic mass is 10.2. The van der Waals surface area contributed by atoms with Gasteiger partial charge in [-0.25, -0.2) is 4.39 Å². The first kappa shape index (κ1) is 12.7. The Morgan fingerprint density at radius 1 is 1.14 bits per heavy atom. The molecule has 1 N–H and O–H groups in total. The second-order valence-corrected chi connectivity index (χ2v) is 2.16. The number of phenols is 1. The zero-order valence-electron chi connectivity index (χ0n) is 7.69. The molecule has 0 fully saturated rings. The summed E-state index contributed by atoms with van der Waals surface area (Å²) < 4.78 is 48.0. The van der Waals surface area contributed by atoms with Gasteiger partial charge in [-0.3, -0.25) is 0 Å². The predicted molar refractivity (Wildman–Crippen MR) is 44.4 cm³/mol. The van der Waals surface area contributed by atoms with E-state index < -0.39 is 23.3 Å². The van der Waals surface area contributed by atoms with Gasteiger partial charge >= 0.3 is 6.18 Å².